The molecule has 0 amide bonds. The largest absolute Gasteiger partial charge is 0.357 e. The van der Waals surface area contributed by atoms with Gasteiger partial charge in [0.25, 0.3) is 0 Å². The molecule has 0 bridgehead atoms. The van der Waals surface area contributed by atoms with Crippen LogP contribution in [0.5, 0.6) is 0 Å². The van der Waals surface area contributed by atoms with Gasteiger partial charge >= 0.3 is 0 Å². The van der Waals surface area contributed by atoms with Crippen LogP contribution in [-0.4, -0.2) is 19.5 Å². The zero-order valence-electron chi connectivity index (χ0n) is 11.4. The molecule has 21 heavy (non-hydrogen) atoms. The van der Waals surface area contributed by atoms with E-state index in [0.29, 0.717) is 11.1 Å². The van der Waals surface area contributed by atoms with Crippen molar-refractivity contribution in [1.29, 1.82) is 0 Å². The second kappa shape index (κ2) is 4.28. The van der Waals surface area contributed by atoms with Gasteiger partial charge in [0.15, 0.2) is 0 Å². The SMILES string of the molecule is Cc1[nH]c2ccccc2c(=O)c1-n1cc2cncnc2c1. The van der Waals surface area contributed by atoms with Gasteiger partial charge < -0.3 is 9.55 Å². The summed E-state index contributed by atoms with van der Waals surface area (Å²) in [5, 5.41) is 1.59. The molecular formula is C16H12N4O. The lowest BCUT2D eigenvalue weighted by Gasteiger charge is -2.08. The first-order chi connectivity index (χ1) is 10.2. The lowest BCUT2D eigenvalue weighted by atomic mass is 10.1. The summed E-state index contributed by atoms with van der Waals surface area (Å²) in [5.41, 5.74) is 3.12. The maximum absolute atomic E-state index is 12.7. The molecule has 0 saturated heterocycles. The van der Waals surface area contributed by atoms with Crippen LogP contribution in [0.25, 0.3) is 27.5 Å². The van der Waals surface area contributed by atoms with E-state index in [1.54, 1.807) is 6.20 Å². The highest BCUT2D eigenvalue weighted by Crippen LogP contribution is 2.18. The summed E-state index contributed by atoms with van der Waals surface area (Å²) in [6, 6.07) is 7.52. The standard InChI is InChI=1S/C16H12N4O/c1-10-15(16(21)12-4-2-3-5-13(12)19-10)20-7-11-6-17-9-18-14(11)8-20/h2-9H,1H3,(H,19,21). The number of pyridine rings is 1. The van der Waals surface area contributed by atoms with Crippen LogP contribution in [0.15, 0.2) is 54.0 Å². The van der Waals surface area contributed by atoms with E-state index in [2.05, 4.69) is 15.0 Å². The van der Waals surface area contributed by atoms with E-state index in [4.69, 9.17) is 0 Å². The van der Waals surface area contributed by atoms with Crippen molar-refractivity contribution in [3.05, 3.63) is 65.1 Å². The number of rotatable bonds is 1. The smallest absolute Gasteiger partial charge is 0.213 e. The summed E-state index contributed by atoms with van der Waals surface area (Å²) >= 11 is 0. The molecule has 0 unspecified atom stereocenters. The number of para-hydroxylation sites is 1. The van der Waals surface area contributed by atoms with Gasteiger partial charge in [0.2, 0.25) is 5.43 Å². The van der Waals surface area contributed by atoms with Gasteiger partial charge in [0.05, 0.1) is 5.52 Å². The molecule has 0 aliphatic rings. The number of hydrogen-bond acceptors (Lipinski definition) is 3. The third kappa shape index (κ3) is 1.74. The van der Waals surface area contributed by atoms with Crippen LogP contribution >= 0.6 is 0 Å². The Labute approximate surface area is 119 Å². The predicted octanol–water partition coefficient (Wildman–Crippen LogP) is 2.57. The number of nitrogens with one attached hydrogen (secondary N) is 1. The fraction of sp³-hybridized carbons (Fsp3) is 0.0625. The van der Waals surface area contributed by atoms with E-state index in [9.17, 15) is 4.79 Å². The second-order valence-corrected chi connectivity index (χ2v) is 5.00. The van der Waals surface area contributed by atoms with Gasteiger partial charge in [-0.3, -0.25) is 4.79 Å². The molecular weight excluding hydrogens is 264 g/mol. The van der Waals surface area contributed by atoms with Crippen LogP contribution < -0.4 is 5.43 Å². The van der Waals surface area contributed by atoms with Crippen molar-refractivity contribution >= 4 is 21.8 Å². The van der Waals surface area contributed by atoms with E-state index in [-0.39, 0.29) is 5.43 Å². The minimum Gasteiger partial charge on any atom is -0.357 e. The first-order valence-corrected chi connectivity index (χ1v) is 6.64. The summed E-state index contributed by atoms with van der Waals surface area (Å²) in [6.07, 6.45) is 6.97. The molecule has 0 fully saturated rings. The number of hydrogen-bond donors (Lipinski definition) is 1. The summed E-state index contributed by atoms with van der Waals surface area (Å²) in [5.74, 6) is 0. The minimum atomic E-state index is 0.00937. The van der Waals surface area contributed by atoms with Crippen molar-refractivity contribution in [3.8, 4) is 5.69 Å². The summed E-state index contributed by atoms with van der Waals surface area (Å²) in [4.78, 5) is 24.2. The maximum Gasteiger partial charge on any atom is 0.213 e. The van der Waals surface area contributed by atoms with Crippen molar-refractivity contribution < 1.29 is 0 Å². The third-order valence-electron chi connectivity index (χ3n) is 3.63. The van der Waals surface area contributed by atoms with Crippen molar-refractivity contribution in [2.75, 3.05) is 0 Å². The number of aryl methyl sites for hydroxylation is 1. The topological polar surface area (TPSA) is 63.6 Å². The summed E-state index contributed by atoms with van der Waals surface area (Å²) in [6.45, 7) is 1.90. The van der Waals surface area contributed by atoms with Gasteiger partial charge in [-0.25, -0.2) is 9.97 Å². The van der Waals surface area contributed by atoms with Crippen LogP contribution in [-0.2, 0) is 0 Å². The Morgan fingerprint density at radius 1 is 1.19 bits per heavy atom. The number of fused-ring (bicyclic) bond motifs is 2. The second-order valence-electron chi connectivity index (χ2n) is 5.00. The summed E-state index contributed by atoms with van der Waals surface area (Å²) in [7, 11) is 0. The average molecular weight is 276 g/mol. The van der Waals surface area contributed by atoms with Crippen molar-refractivity contribution in [3.63, 3.8) is 0 Å². The third-order valence-corrected chi connectivity index (χ3v) is 3.63. The Morgan fingerprint density at radius 2 is 2.05 bits per heavy atom. The molecule has 0 radical (unpaired) electrons. The molecule has 0 aliphatic heterocycles. The van der Waals surface area contributed by atoms with Gasteiger partial charge in [0.1, 0.15) is 12.0 Å². The van der Waals surface area contributed by atoms with E-state index in [0.717, 1.165) is 22.1 Å². The molecule has 4 aromatic rings. The Hall–Kier alpha value is -2.95. The van der Waals surface area contributed by atoms with Crippen LogP contribution in [0.3, 0.4) is 0 Å². The zero-order valence-corrected chi connectivity index (χ0v) is 11.4. The predicted molar refractivity (Wildman–Crippen MR) is 81.7 cm³/mol. The Morgan fingerprint density at radius 3 is 2.90 bits per heavy atom. The Bertz CT molecular complexity index is 996. The van der Waals surface area contributed by atoms with E-state index in [1.165, 1.54) is 6.33 Å². The van der Waals surface area contributed by atoms with Crippen LogP contribution in [0.4, 0.5) is 0 Å². The fourth-order valence-corrected chi connectivity index (χ4v) is 2.67. The molecule has 5 heteroatoms. The first kappa shape index (κ1) is 11.8. The van der Waals surface area contributed by atoms with Gasteiger partial charge in [-0.15, -0.1) is 0 Å². The van der Waals surface area contributed by atoms with Crippen LogP contribution in [0.1, 0.15) is 5.69 Å². The molecule has 1 N–H and O–H groups in total. The number of H-pyrrole nitrogens is 1. The number of benzene rings is 1. The van der Waals surface area contributed by atoms with Crippen LogP contribution in [0.2, 0.25) is 0 Å². The average Bonchev–Trinajstić information content (AvgIpc) is 2.90. The van der Waals surface area contributed by atoms with Gasteiger partial charge in [-0.2, -0.15) is 0 Å². The molecule has 3 heterocycles. The molecule has 0 spiro atoms. The molecule has 3 aromatic heterocycles. The van der Waals surface area contributed by atoms with Gasteiger partial charge in [-0.1, -0.05) is 12.1 Å². The maximum atomic E-state index is 12.7. The number of aromatic nitrogens is 4. The first-order valence-electron chi connectivity index (χ1n) is 6.64. The highest BCUT2D eigenvalue weighted by molar-refractivity contribution is 5.82. The van der Waals surface area contributed by atoms with E-state index < -0.39 is 0 Å². The molecule has 5 nitrogen and oxygen atoms in total. The van der Waals surface area contributed by atoms with E-state index >= 15 is 0 Å². The minimum absolute atomic E-state index is 0.00937. The Kier molecular flexibility index (Phi) is 2.41. The lowest BCUT2D eigenvalue weighted by Crippen LogP contribution is -2.14. The molecule has 0 aliphatic carbocycles. The lowest BCUT2D eigenvalue weighted by molar-refractivity contribution is 1.03. The number of nitrogens with zero attached hydrogens (tertiary/aromatic N) is 3. The van der Waals surface area contributed by atoms with E-state index in [1.807, 2.05) is 48.1 Å². The fourth-order valence-electron chi connectivity index (χ4n) is 2.67. The van der Waals surface area contributed by atoms with Crippen molar-refractivity contribution in [2.45, 2.75) is 6.92 Å². The number of aromatic amines is 1. The highest BCUT2D eigenvalue weighted by atomic mass is 16.1. The van der Waals surface area contributed by atoms with Crippen molar-refractivity contribution in [1.82, 2.24) is 19.5 Å². The Balaban J connectivity index is 2.08. The summed E-state index contributed by atoms with van der Waals surface area (Å²) < 4.78 is 1.82. The van der Waals surface area contributed by atoms with Crippen molar-refractivity contribution in [2.24, 2.45) is 0 Å². The molecule has 1 aromatic carbocycles. The molecule has 0 saturated carbocycles. The molecule has 0 atom stereocenters. The normalized spacial score (nSPS) is 11.3. The molecule has 102 valence electrons. The highest BCUT2D eigenvalue weighted by Gasteiger charge is 2.11. The monoisotopic (exact) mass is 276 g/mol. The zero-order chi connectivity index (χ0) is 14.4. The van der Waals surface area contributed by atoms with Gasteiger partial charge in [-0.05, 0) is 19.1 Å². The van der Waals surface area contributed by atoms with Crippen LogP contribution in [0, 0.1) is 6.92 Å². The van der Waals surface area contributed by atoms with Gasteiger partial charge in [0, 0.05) is 40.6 Å². The quantitative estimate of drug-likeness (QED) is 0.581. The molecule has 4 rings (SSSR count).